The number of hydrogen-bond donors (Lipinski definition) is 2. The predicted molar refractivity (Wildman–Crippen MR) is 163 cm³/mol. The van der Waals surface area contributed by atoms with Gasteiger partial charge in [0.2, 0.25) is 11.8 Å². The normalized spacial score (nSPS) is 24.3. The number of aromatic hydroxyl groups is 1. The van der Waals surface area contributed by atoms with Gasteiger partial charge in [-0.1, -0.05) is 54.6 Å². The fourth-order valence-corrected chi connectivity index (χ4v) is 7.55. The fourth-order valence-electron chi connectivity index (χ4n) is 6.86. The van der Waals surface area contributed by atoms with E-state index in [2.05, 4.69) is 18.2 Å². The highest BCUT2D eigenvalue weighted by Crippen LogP contribution is 2.51. The summed E-state index contributed by atoms with van der Waals surface area (Å²) in [5.74, 6) is -1.30. The molecule has 6 rings (SSSR count). The van der Waals surface area contributed by atoms with Crippen molar-refractivity contribution in [2.75, 3.05) is 13.7 Å². The molecular formula is C33H34BNO6S. The molecule has 2 aromatic carbocycles. The second-order valence-corrected chi connectivity index (χ2v) is 12.3. The minimum absolute atomic E-state index is 0.133. The van der Waals surface area contributed by atoms with Gasteiger partial charge >= 0.3 is 7.12 Å². The van der Waals surface area contributed by atoms with Crippen LogP contribution in [0.15, 0.2) is 83.3 Å². The van der Waals surface area contributed by atoms with E-state index >= 15 is 0 Å². The average molecular weight is 584 g/mol. The van der Waals surface area contributed by atoms with Crippen LogP contribution in [0.5, 0.6) is 5.75 Å². The van der Waals surface area contributed by atoms with Crippen molar-refractivity contribution in [3.63, 3.8) is 0 Å². The van der Waals surface area contributed by atoms with E-state index in [1.54, 1.807) is 19.2 Å². The molecule has 0 bridgehead atoms. The van der Waals surface area contributed by atoms with Crippen molar-refractivity contribution in [2.45, 2.75) is 38.2 Å². The molecule has 0 spiro atoms. The zero-order valence-corrected chi connectivity index (χ0v) is 24.3. The van der Waals surface area contributed by atoms with Crippen LogP contribution in [-0.4, -0.2) is 53.8 Å². The number of fused-ring (bicyclic) bond motifs is 3. The van der Waals surface area contributed by atoms with E-state index in [1.807, 2.05) is 47.8 Å². The molecule has 2 N–H and O–H groups in total. The number of methoxy groups -OCH3 is 1. The van der Waals surface area contributed by atoms with Gasteiger partial charge in [0.15, 0.2) is 0 Å². The number of carbonyl (C=O) groups excluding carboxylic acids is 2. The molecule has 42 heavy (non-hydrogen) atoms. The third-order valence-corrected chi connectivity index (χ3v) is 9.53. The molecule has 1 aromatic heterocycles. The number of rotatable bonds is 9. The molecule has 2 fully saturated rings. The number of allylic oxidation sites excluding steroid dienone is 1. The van der Waals surface area contributed by atoms with Crippen LogP contribution in [0.1, 0.15) is 35.3 Å². The summed E-state index contributed by atoms with van der Waals surface area (Å²) in [6.07, 6.45) is 3.68. The zero-order chi connectivity index (χ0) is 29.2. The van der Waals surface area contributed by atoms with Crippen molar-refractivity contribution in [3.8, 4) is 5.75 Å². The minimum Gasteiger partial charge on any atom is -0.508 e. The first-order chi connectivity index (χ1) is 20.4. The summed E-state index contributed by atoms with van der Waals surface area (Å²) in [5, 5.41) is 22.6. The Kier molecular flexibility index (Phi) is 8.44. The molecule has 0 radical (unpaired) electrons. The van der Waals surface area contributed by atoms with Crippen molar-refractivity contribution in [2.24, 2.45) is 17.8 Å². The Balaban J connectivity index is 1.30. The van der Waals surface area contributed by atoms with E-state index in [0.29, 0.717) is 25.9 Å². The van der Waals surface area contributed by atoms with E-state index < -0.39 is 25.1 Å². The number of phenols is 1. The summed E-state index contributed by atoms with van der Waals surface area (Å²) in [7, 11) is 0.614. The molecule has 3 aromatic rings. The van der Waals surface area contributed by atoms with E-state index in [0.717, 1.165) is 32.7 Å². The summed E-state index contributed by atoms with van der Waals surface area (Å²) >= 11 is 1.53. The molecule has 2 aliphatic heterocycles. The Morgan fingerprint density at radius 1 is 1.07 bits per heavy atom. The Hall–Kier alpha value is -3.50. The zero-order valence-electron chi connectivity index (χ0n) is 23.5. The van der Waals surface area contributed by atoms with Gasteiger partial charge in [-0.25, -0.2) is 0 Å². The van der Waals surface area contributed by atoms with Crippen LogP contribution in [0.25, 0.3) is 11.6 Å². The highest BCUT2D eigenvalue weighted by atomic mass is 32.1. The number of amides is 2. The van der Waals surface area contributed by atoms with E-state index in [-0.39, 0.29) is 36.3 Å². The lowest BCUT2D eigenvalue weighted by molar-refractivity contribution is -0.140. The lowest BCUT2D eigenvalue weighted by atomic mass is 9.58. The molecular weight excluding hydrogens is 549 g/mol. The molecule has 0 unspecified atom stereocenters. The van der Waals surface area contributed by atoms with E-state index in [4.69, 9.17) is 9.39 Å². The van der Waals surface area contributed by atoms with Crippen LogP contribution in [-0.2, 0) is 25.5 Å². The predicted octanol–water partition coefficient (Wildman–Crippen LogP) is 5.42. The van der Waals surface area contributed by atoms with Crippen molar-refractivity contribution in [3.05, 3.63) is 99.3 Å². The standard InChI is InChI=1S/C33H34BNO6S/c1-40-20-24-17-27-31(33(38)35(32(27)37)19-26-8-5-15-42-26)28-18-34(39)41-29(30(24)28)14-11-23(22-6-3-2-4-7-22)16-21-9-12-25(36)13-10-21/h2-10,12-13,15-16,27-29,31,36,39H,11,14,17-20H2,1H3/b23-16-/t27-,28+,29-,31-/m1/s1. The Morgan fingerprint density at radius 2 is 1.86 bits per heavy atom. The number of nitrogens with zero attached hydrogens (tertiary/aromatic N) is 1. The maximum Gasteiger partial charge on any atom is 0.455 e. The smallest absolute Gasteiger partial charge is 0.455 e. The van der Waals surface area contributed by atoms with E-state index in [1.165, 1.54) is 16.2 Å². The van der Waals surface area contributed by atoms with Gasteiger partial charge in [0.1, 0.15) is 5.75 Å². The van der Waals surface area contributed by atoms with Crippen LogP contribution < -0.4 is 0 Å². The van der Waals surface area contributed by atoms with Gasteiger partial charge in [0, 0.05) is 12.0 Å². The monoisotopic (exact) mass is 583 g/mol. The Labute approximate surface area is 250 Å². The van der Waals surface area contributed by atoms with Crippen LogP contribution in [0, 0.1) is 17.8 Å². The molecule has 3 heterocycles. The molecule has 0 saturated carbocycles. The molecule has 7 nitrogen and oxygen atoms in total. The quantitative estimate of drug-likeness (QED) is 0.151. The van der Waals surface area contributed by atoms with Crippen molar-refractivity contribution in [1.82, 2.24) is 4.90 Å². The SMILES string of the molecule is COCC1=C2[C@@H](CC/C(=C/c3ccc(O)cc3)c3ccccc3)OB(O)C[C@@H]2[C@@H]2C(=O)N(Cc3cccs3)C(=O)[C@@H]2C1. The van der Waals surface area contributed by atoms with Gasteiger partial charge in [-0.15, -0.1) is 11.3 Å². The van der Waals surface area contributed by atoms with Crippen LogP contribution in [0.4, 0.5) is 0 Å². The van der Waals surface area contributed by atoms with Gasteiger partial charge in [-0.3, -0.25) is 14.5 Å². The number of likely N-dealkylation sites (tertiary alicyclic amines) is 1. The van der Waals surface area contributed by atoms with Gasteiger partial charge in [-0.2, -0.15) is 0 Å². The summed E-state index contributed by atoms with van der Waals surface area (Å²) in [6, 6.07) is 21.1. The molecule has 2 amide bonds. The first kappa shape index (κ1) is 28.6. The Morgan fingerprint density at radius 3 is 2.57 bits per heavy atom. The average Bonchev–Trinajstić information content (AvgIpc) is 3.59. The maximum absolute atomic E-state index is 13.8. The number of phenolic OH excluding ortho intramolecular Hbond substituents is 1. The van der Waals surface area contributed by atoms with Crippen molar-refractivity contribution >= 4 is 41.9 Å². The topological polar surface area (TPSA) is 96.3 Å². The van der Waals surface area contributed by atoms with Crippen molar-refractivity contribution < 1.29 is 29.1 Å². The van der Waals surface area contributed by atoms with Crippen LogP contribution in [0.3, 0.4) is 0 Å². The molecule has 216 valence electrons. The fraction of sp³-hybridized carbons (Fsp3) is 0.333. The third-order valence-electron chi connectivity index (χ3n) is 8.67. The number of imide groups is 1. The summed E-state index contributed by atoms with van der Waals surface area (Å²) < 4.78 is 11.8. The summed E-state index contributed by atoms with van der Waals surface area (Å²) in [4.78, 5) is 29.7. The maximum atomic E-state index is 13.8. The van der Waals surface area contributed by atoms with Crippen LogP contribution in [0.2, 0.25) is 6.32 Å². The third kappa shape index (κ3) is 5.74. The highest BCUT2D eigenvalue weighted by Gasteiger charge is 2.57. The number of thiophene rings is 1. The lowest BCUT2D eigenvalue weighted by Gasteiger charge is -2.43. The molecule has 2 saturated heterocycles. The number of benzene rings is 2. The highest BCUT2D eigenvalue weighted by molar-refractivity contribution is 7.09. The number of carbonyl (C=O) groups is 2. The lowest BCUT2D eigenvalue weighted by Crippen LogP contribution is -2.46. The largest absolute Gasteiger partial charge is 0.508 e. The first-order valence-corrected chi connectivity index (χ1v) is 15.3. The molecule has 3 aliphatic rings. The van der Waals surface area contributed by atoms with E-state index in [9.17, 15) is 19.7 Å². The number of hydrogen-bond acceptors (Lipinski definition) is 7. The van der Waals surface area contributed by atoms with Gasteiger partial charge < -0.3 is 19.5 Å². The van der Waals surface area contributed by atoms with Gasteiger partial charge in [0.05, 0.1) is 31.1 Å². The second-order valence-electron chi connectivity index (χ2n) is 11.3. The van der Waals surface area contributed by atoms with Gasteiger partial charge in [0.25, 0.3) is 0 Å². The molecule has 1 aliphatic carbocycles. The molecule has 4 atom stereocenters. The second kappa shape index (κ2) is 12.4. The van der Waals surface area contributed by atoms with Gasteiger partial charge in [-0.05, 0) is 82.9 Å². The number of ether oxygens (including phenoxy) is 1. The summed E-state index contributed by atoms with van der Waals surface area (Å²) in [5.41, 5.74) is 5.16. The Bertz CT molecular complexity index is 1490. The summed E-state index contributed by atoms with van der Waals surface area (Å²) in [6.45, 7) is 0.640. The van der Waals surface area contributed by atoms with Crippen LogP contribution >= 0.6 is 11.3 Å². The van der Waals surface area contributed by atoms with Crippen molar-refractivity contribution in [1.29, 1.82) is 0 Å². The molecule has 9 heteroatoms. The first-order valence-electron chi connectivity index (χ1n) is 14.4. The minimum atomic E-state index is -1.03.